The SMILES string of the molecule is O=C(Nc1cccc(CNC(=O)N2CCN(c3ccccc3Cl)CC2)c1)C1CCC1. The molecule has 1 saturated heterocycles. The maximum Gasteiger partial charge on any atom is 0.317 e. The minimum absolute atomic E-state index is 0.0716. The number of para-hydroxylation sites is 1. The topological polar surface area (TPSA) is 64.7 Å². The second-order valence-electron chi connectivity index (χ2n) is 7.90. The summed E-state index contributed by atoms with van der Waals surface area (Å²) in [5.41, 5.74) is 2.76. The zero-order valence-corrected chi connectivity index (χ0v) is 17.7. The van der Waals surface area contributed by atoms with Crippen molar-refractivity contribution in [3.63, 3.8) is 0 Å². The fourth-order valence-corrected chi connectivity index (χ4v) is 4.08. The number of urea groups is 1. The van der Waals surface area contributed by atoms with E-state index >= 15 is 0 Å². The summed E-state index contributed by atoms with van der Waals surface area (Å²) in [6, 6.07) is 15.4. The van der Waals surface area contributed by atoms with Crippen molar-refractivity contribution in [3.05, 3.63) is 59.1 Å². The largest absolute Gasteiger partial charge is 0.367 e. The first-order valence-electron chi connectivity index (χ1n) is 10.5. The molecule has 0 radical (unpaired) electrons. The third kappa shape index (κ3) is 4.87. The molecule has 158 valence electrons. The summed E-state index contributed by atoms with van der Waals surface area (Å²) in [6.45, 7) is 3.22. The molecule has 2 aliphatic rings. The third-order valence-corrected chi connectivity index (χ3v) is 6.19. The van der Waals surface area contributed by atoms with Gasteiger partial charge in [0, 0.05) is 44.3 Å². The number of piperazine rings is 1. The van der Waals surface area contributed by atoms with Crippen molar-refractivity contribution in [2.24, 2.45) is 5.92 Å². The van der Waals surface area contributed by atoms with Crippen molar-refractivity contribution in [1.82, 2.24) is 10.2 Å². The molecular formula is C23H27ClN4O2. The van der Waals surface area contributed by atoms with Crippen molar-refractivity contribution >= 4 is 34.9 Å². The predicted octanol–water partition coefficient (Wildman–Crippen LogP) is 4.11. The lowest BCUT2D eigenvalue weighted by Gasteiger charge is -2.36. The summed E-state index contributed by atoms with van der Waals surface area (Å²) in [5, 5.41) is 6.71. The molecule has 0 unspecified atom stereocenters. The minimum atomic E-state index is -0.0716. The maximum atomic E-state index is 12.6. The van der Waals surface area contributed by atoms with Crippen molar-refractivity contribution in [3.8, 4) is 0 Å². The van der Waals surface area contributed by atoms with Crippen LogP contribution in [0.5, 0.6) is 0 Å². The third-order valence-electron chi connectivity index (χ3n) is 5.87. The number of nitrogens with one attached hydrogen (secondary N) is 2. The Morgan fingerprint density at radius 2 is 1.77 bits per heavy atom. The van der Waals surface area contributed by atoms with E-state index in [-0.39, 0.29) is 17.9 Å². The lowest BCUT2D eigenvalue weighted by atomic mass is 9.85. The van der Waals surface area contributed by atoms with Crippen LogP contribution in [0.4, 0.5) is 16.2 Å². The van der Waals surface area contributed by atoms with Crippen LogP contribution < -0.4 is 15.5 Å². The Bertz CT molecular complexity index is 908. The molecule has 30 heavy (non-hydrogen) atoms. The smallest absolute Gasteiger partial charge is 0.317 e. The van der Waals surface area contributed by atoms with Crippen LogP contribution in [-0.2, 0) is 11.3 Å². The van der Waals surface area contributed by atoms with E-state index in [0.717, 1.165) is 54.3 Å². The standard InChI is InChI=1S/C23H27ClN4O2/c24-20-9-1-2-10-21(20)27-11-13-28(14-12-27)23(30)25-16-17-5-3-8-19(15-17)26-22(29)18-6-4-7-18/h1-3,5,8-10,15,18H,4,6-7,11-14,16H2,(H,25,30)(H,26,29). The molecule has 2 N–H and O–H groups in total. The first kappa shape index (κ1) is 20.5. The van der Waals surface area contributed by atoms with Gasteiger partial charge >= 0.3 is 6.03 Å². The van der Waals surface area contributed by atoms with Crippen LogP contribution in [0.15, 0.2) is 48.5 Å². The Kier molecular flexibility index (Phi) is 6.43. The van der Waals surface area contributed by atoms with Crippen molar-refractivity contribution in [2.75, 3.05) is 36.4 Å². The summed E-state index contributed by atoms with van der Waals surface area (Å²) in [6.07, 6.45) is 3.09. The molecule has 4 rings (SSSR count). The number of hydrogen-bond acceptors (Lipinski definition) is 3. The van der Waals surface area contributed by atoms with Gasteiger partial charge in [-0.1, -0.05) is 42.3 Å². The summed E-state index contributed by atoms with van der Waals surface area (Å²) in [7, 11) is 0. The molecule has 0 aromatic heterocycles. The van der Waals surface area contributed by atoms with E-state index in [0.29, 0.717) is 19.6 Å². The van der Waals surface area contributed by atoms with Gasteiger partial charge in [0.15, 0.2) is 0 Å². The van der Waals surface area contributed by atoms with Crippen LogP contribution in [0.2, 0.25) is 5.02 Å². The van der Waals surface area contributed by atoms with Gasteiger partial charge in [-0.2, -0.15) is 0 Å². The molecule has 1 heterocycles. The average molecular weight is 427 g/mol. The number of benzene rings is 2. The van der Waals surface area contributed by atoms with Gasteiger partial charge < -0.3 is 20.4 Å². The highest BCUT2D eigenvalue weighted by Crippen LogP contribution is 2.28. The molecule has 3 amide bonds. The van der Waals surface area contributed by atoms with Gasteiger partial charge in [-0.05, 0) is 42.7 Å². The molecule has 7 heteroatoms. The molecule has 1 aliphatic carbocycles. The van der Waals surface area contributed by atoms with E-state index in [4.69, 9.17) is 11.6 Å². The fraction of sp³-hybridized carbons (Fsp3) is 0.391. The summed E-state index contributed by atoms with van der Waals surface area (Å²) < 4.78 is 0. The second kappa shape index (κ2) is 9.39. The van der Waals surface area contributed by atoms with Gasteiger partial charge in [0.2, 0.25) is 5.91 Å². The first-order chi connectivity index (χ1) is 14.6. The van der Waals surface area contributed by atoms with Gasteiger partial charge in [0.25, 0.3) is 0 Å². The van der Waals surface area contributed by atoms with Gasteiger partial charge in [-0.3, -0.25) is 4.79 Å². The number of hydrogen-bond donors (Lipinski definition) is 2. The Morgan fingerprint density at radius 3 is 2.47 bits per heavy atom. The highest BCUT2D eigenvalue weighted by Gasteiger charge is 2.25. The predicted molar refractivity (Wildman–Crippen MR) is 120 cm³/mol. The normalized spacial score (nSPS) is 16.7. The molecule has 1 saturated carbocycles. The number of nitrogens with zero attached hydrogens (tertiary/aromatic N) is 2. The van der Waals surface area contributed by atoms with Crippen LogP contribution >= 0.6 is 11.6 Å². The summed E-state index contributed by atoms with van der Waals surface area (Å²) in [5.74, 6) is 0.247. The lowest BCUT2D eigenvalue weighted by molar-refractivity contribution is -0.122. The van der Waals surface area contributed by atoms with Gasteiger partial charge in [0.05, 0.1) is 10.7 Å². The number of anilines is 2. The number of carbonyl (C=O) groups is 2. The number of halogens is 1. The molecule has 0 bridgehead atoms. The van der Waals surface area contributed by atoms with E-state index in [2.05, 4.69) is 15.5 Å². The molecule has 2 fully saturated rings. The van der Waals surface area contributed by atoms with Crippen molar-refractivity contribution < 1.29 is 9.59 Å². The molecule has 0 spiro atoms. The molecule has 1 aliphatic heterocycles. The minimum Gasteiger partial charge on any atom is -0.367 e. The fourth-order valence-electron chi connectivity index (χ4n) is 3.82. The van der Waals surface area contributed by atoms with Crippen LogP contribution in [0.1, 0.15) is 24.8 Å². The number of carbonyl (C=O) groups excluding carboxylic acids is 2. The van der Waals surface area contributed by atoms with E-state index in [9.17, 15) is 9.59 Å². The molecular weight excluding hydrogens is 400 g/mol. The van der Waals surface area contributed by atoms with Crippen LogP contribution in [0.3, 0.4) is 0 Å². The Labute approximate surface area is 182 Å². The van der Waals surface area contributed by atoms with E-state index < -0.39 is 0 Å². The Morgan fingerprint density at radius 1 is 1.00 bits per heavy atom. The van der Waals surface area contributed by atoms with Crippen molar-refractivity contribution in [1.29, 1.82) is 0 Å². The van der Waals surface area contributed by atoms with E-state index in [1.54, 1.807) is 0 Å². The quantitative estimate of drug-likeness (QED) is 0.756. The lowest BCUT2D eigenvalue weighted by Crippen LogP contribution is -2.51. The Hall–Kier alpha value is -2.73. The van der Waals surface area contributed by atoms with Gasteiger partial charge in [0.1, 0.15) is 0 Å². The average Bonchev–Trinajstić information content (AvgIpc) is 2.71. The maximum absolute atomic E-state index is 12.6. The van der Waals surface area contributed by atoms with Crippen LogP contribution in [0.25, 0.3) is 0 Å². The molecule has 6 nitrogen and oxygen atoms in total. The van der Waals surface area contributed by atoms with Crippen LogP contribution in [0, 0.1) is 5.92 Å². The van der Waals surface area contributed by atoms with Crippen molar-refractivity contribution in [2.45, 2.75) is 25.8 Å². The monoisotopic (exact) mass is 426 g/mol. The van der Waals surface area contributed by atoms with E-state index in [1.165, 1.54) is 0 Å². The highest BCUT2D eigenvalue weighted by atomic mass is 35.5. The van der Waals surface area contributed by atoms with Gasteiger partial charge in [-0.25, -0.2) is 4.79 Å². The first-order valence-corrected chi connectivity index (χ1v) is 10.9. The molecule has 2 aromatic carbocycles. The second-order valence-corrected chi connectivity index (χ2v) is 8.31. The van der Waals surface area contributed by atoms with E-state index in [1.807, 2.05) is 53.4 Å². The zero-order valence-electron chi connectivity index (χ0n) is 16.9. The van der Waals surface area contributed by atoms with Crippen LogP contribution in [-0.4, -0.2) is 43.0 Å². The number of rotatable bonds is 5. The summed E-state index contributed by atoms with van der Waals surface area (Å²) >= 11 is 6.29. The number of amides is 3. The summed E-state index contributed by atoms with van der Waals surface area (Å²) in [4.78, 5) is 28.7. The zero-order chi connectivity index (χ0) is 20.9. The van der Waals surface area contributed by atoms with Gasteiger partial charge in [-0.15, -0.1) is 0 Å². The highest BCUT2D eigenvalue weighted by molar-refractivity contribution is 6.33. The Balaban J connectivity index is 1.25. The molecule has 0 atom stereocenters. The molecule has 2 aromatic rings.